The van der Waals surface area contributed by atoms with Gasteiger partial charge in [-0.2, -0.15) is 0 Å². The highest BCUT2D eigenvalue weighted by Crippen LogP contribution is 2.29. The number of hydrogen-bond donors (Lipinski definition) is 1. The monoisotopic (exact) mass is 329 g/mol. The summed E-state index contributed by atoms with van der Waals surface area (Å²) >= 11 is 0. The van der Waals surface area contributed by atoms with Crippen LogP contribution in [0.3, 0.4) is 0 Å². The third kappa shape index (κ3) is 3.70. The predicted octanol–water partition coefficient (Wildman–Crippen LogP) is 2.05. The van der Waals surface area contributed by atoms with Crippen molar-refractivity contribution in [2.24, 2.45) is 0 Å². The number of rotatable bonds is 4. The van der Waals surface area contributed by atoms with Crippen LogP contribution in [0.25, 0.3) is 0 Å². The van der Waals surface area contributed by atoms with Gasteiger partial charge in [0.05, 0.1) is 17.5 Å². The maximum Gasteiger partial charge on any atom is 0.215 e. The number of nitrogens with one attached hydrogen (secondary N) is 1. The smallest absolute Gasteiger partial charge is 0.215 e. The minimum Gasteiger partial charge on any atom is -0.443 e. The van der Waals surface area contributed by atoms with E-state index in [0.29, 0.717) is 18.9 Å². The van der Waals surface area contributed by atoms with Crippen LogP contribution in [0.5, 0.6) is 0 Å². The lowest BCUT2D eigenvalue weighted by atomic mass is 9.94. The van der Waals surface area contributed by atoms with Gasteiger partial charge in [0.1, 0.15) is 5.76 Å². The topological polar surface area (TPSA) is 75.4 Å². The lowest BCUT2D eigenvalue weighted by Crippen LogP contribution is -2.46. The van der Waals surface area contributed by atoms with Gasteiger partial charge in [-0.3, -0.25) is 4.90 Å². The molecule has 2 rings (SSSR count). The number of piperidine rings is 1. The van der Waals surface area contributed by atoms with Gasteiger partial charge in [0.2, 0.25) is 15.9 Å². The Morgan fingerprint density at radius 3 is 2.68 bits per heavy atom. The molecule has 1 saturated heterocycles. The van der Waals surface area contributed by atoms with Gasteiger partial charge in [-0.1, -0.05) is 20.8 Å². The van der Waals surface area contributed by atoms with Gasteiger partial charge in [0.15, 0.2) is 0 Å². The summed E-state index contributed by atoms with van der Waals surface area (Å²) in [5.41, 5.74) is -0.0785. The van der Waals surface area contributed by atoms with Crippen molar-refractivity contribution < 1.29 is 12.8 Å². The fraction of sp³-hybridized carbons (Fsp3) is 0.800. The van der Waals surface area contributed by atoms with Gasteiger partial charge in [-0.25, -0.2) is 18.1 Å². The van der Waals surface area contributed by atoms with Crippen molar-refractivity contribution in [2.75, 3.05) is 20.1 Å². The Balaban J connectivity index is 2.12. The zero-order chi connectivity index (χ0) is 16.5. The second kappa shape index (κ2) is 6.29. The molecule has 2 heterocycles. The maximum absolute atomic E-state index is 12.0. The summed E-state index contributed by atoms with van der Waals surface area (Å²) < 4.78 is 32.4. The summed E-state index contributed by atoms with van der Waals surface area (Å²) in [6.07, 6.45) is 3.34. The fourth-order valence-corrected chi connectivity index (χ4v) is 3.92. The van der Waals surface area contributed by atoms with E-state index in [1.54, 1.807) is 6.20 Å². The summed E-state index contributed by atoms with van der Waals surface area (Å²) in [6, 6.07) is -0.0223. The van der Waals surface area contributed by atoms with Crippen LogP contribution in [0.1, 0.15) is 58.2 Å². The molecule has 1 N–H and O–H groups in total. The molecule has 0 radical (unpaired) electrons. The molecule has 0 aromatic carbocycles. The van der Waals surface area contributed by atoms with E-state index in [2.05, 4.69) is 35.4 Å². The Kier molecular flexibility index (Phi) is 4.99. The minimum absolute atomic E-state index is 0.0223. The third-order valence-corrected chi connectivity index (χ3v) is 6.13. The zero-order valence-corrected chi connectivity index (χ0v) is 14.9. The van der Waals surface area contributed by atoms with Crippen LogP contribution in [0.15, 0.2) is 10.6 Å². The van der Waals surface area contributed by atoms with Gasteiger partial charge in [-0.15, -0.1) is 0 Å². The number of sulfonamides is 1. The number of nitrogens with zero attached hydrogens (tertiary/aromatic N) is 2. The van der Waals surface area contributed by atoms with Crippen molar-refractivity contribution >= 4 is 10.0 Å². The molecule has 22 heavy (non-hydrogen) atoms. The molecule has 0 bridgehead atoms. The first kappa shape index (κ1) is 17.4. The van der Waals surface area contributed by atoms with Gasteiger partial charge in [0, 0.05) is 12.0 Å². The number of likely N-dealkylation sites (tertiary alicyclic amines) is 1. The first-order chi connectivity index (χ1) is 10.1. The quantitative estimate of drug-likeness (QED) is 0.915. The van der Waals surface area contributed by atoms with Crippen LogP contribution >= 0.6 is 0 Å². The molecule has 0 spiro atoms. The zero-order valence-electron chi connectivity index (χ0n) is 14.1. The van der Waals surface area contributed by atoms with Crippen molar-refractivity contribution in [3.63, 3.8) is 0 Å². The van der Waals surface area contributed by atoms with Crippen molar-refractivity contribution in [1.82, 2.24) is 14.6 Å². The first-order valence-corrected chi connectivity index (χ1v) is 9.32. The molecule has 7 heteroatoms. The first-order valence-electron chi connectivity index (χ1n) is 7.78. The van der Waals surface area contributed by atoms with E-state index < -0.39 is 10.0 Å². The van der Waals surface area contributed by atoms with Crippen LogP contribution in [0.2, 0.25) is 0 Å². The van der Waals surface area contributed by atoms with Crippen LogP contribution in [0, 0.1) is 0 Å². The molecular formula is C15H27N3O3S. The van der Waals surface area contributed by atoms with E-state index in [-0.39, 0.29) is 16.7 Å². The summed E-state index contributed by atoms with van der Waals surface area (Å²) in [5.74, 6) is 1.51. The van der Waals surface area contributed by atoms with E-state index in [4.69, 9.17) is 4.42 Å². The predicted molar refractivity (Wildman–Crippen MR) is 86.2 cm³/mol. The van der Waals surface area contributed by atoms with Crippen molar-refractivity contribution in [1.29, 1.82) is 0 Å². The maximum atomic E-state index is 12.0. The molecule has 1 aromatic heterocycles. The average Bonchev–Trinajstić information content (AvgIpc) is 2.96. The second-order valence-electron chi connectivity index (χ2n) is 7.00. The molecule has 1 aromatic rings. The highest BCUT2D eigenvalue weighted by atomic mass is 32.2. The molecule has 1 aliphatic heterocycles. The van der Waals surface area contributed by atoms with E-state index in [1.807, 2.05) is 6.92 Å². The van der Waals surface area contributed by atoms with E-state index in [9.17, 15) is 8.42 Å². The van der Waals surface area contributed by atoms with Gasteiger partial charge >= 0.3 is 0 Å². The minimum atomic E-state index is -3.23. The summed E-state index contributed by atoms with van der Waals surface area (Å²) in [7, 11) is -1.76. The van der Waals surface area contributed by atoms with Crippen LogP contribution in [0.4, 0.5) is 0 Å². The Morgan fingerprint density at radius 2 is 2.14 bits per heavy atom. The Hall–Kier alpha value is -0.920. The highest BCUT2D eigenvalue weighted by Gasteiger charge is 2.33. The largest absolute Gasteiger partial charge is 0.443 e. The molecule has 1 aliphatic rings. The molecule has 0 aliphatic carbocycles. The number of hydrogen-bond acceptors (Lipinski definition) is 5. The average molecular weight is 329 g/mol. The van der Waals surface area contributed by atoms with Gasteiger partial charge in [0.25, 0.3) is 0 Å². The standard InChI is InChI=1S/C15H27N3O3S/c1-11(14-17-9-13(21-14)15(2,3)4)18-8-6-7-12(10-18)22(19,20)16-5/h9,11-12,16H,6-8,10H2,1-5H3. The van der Waals surface area contributed by atoms with Crippen LogP contribution in [-0.2, 0) is 15.4 Å². The summed E-state index contributed by atoms with van der Waals surface area (Å²) in [6.45, 7) is 9.64. The van der Waals surface area contributed by atoms with Crippen LogP contribution in [-0.4, -0.2) is 43.7 Å². The van der Waals surface area contributed by atoms with E-state index >= 15 is 0 Å². The number of oxazole rings is 1. The molecule has 2 unspecified atom stereocenters. The van der Waals surface area contributed by atoms with Crippen LogP contribution < -0.4 is 4.72 Å². The normalized spacial score (nSPS) is 22.7. The van der Waals surface area contributed by atoms with Crippen molar-refractivity contribution in [2.45, 2.75) is 57.2 Å². The molecular weight excluding hydrogens is 302 g/mol. The second-order valence-corrected chi connectivity index (χ2v) is 9.16. The molecule has 0 amide bonds. The Morgan fingerprint density at radius 1 is 1.45 bits per heavy atom. The molecule has 1 fully saturated rings. The molecule has 6 nitrogen and oxygen atoms in total. The lowest BCUT2D eigenvalue weighted by Gasteiger charge is -2.35. The third-order valence-electron chi connectivity index (χ3n) is 4.30. The highest BCUT2D eigenvalue weighted by molar-refractivity contribution is 7.90. The molecule has 0 saturated carbocycles. The Bertz CT molecular complexity index is 604. The fourth-order valence-electron chi connectivity index (χ4n) is 2.72. The van der Waals surface area contributed by atoms with Crippen molar-refractivity contribution in [3.8, 4) is 0 Å². The van der Waals surface area contributed by atoms with E-state index in [1.165, 1.54) is 7.05 Å². The molecule has 126 valence electrons. The summed E-state index contributed by atoms with van der Waals surface area (Å²) in [4.78, 5) is 6.53. The molecule has 2 atom stereocenters. The van der Waals surface area contributed by atoms with Crippen molar-refractivity contribution in [3.05, 3.63) is 17.8 Å². The lowest BCUT2D eigenvalue weighted by molar-refractivity contribution is 0.151. The van der Waals surface area contributed by atoms with Gasteiger partial charge in [-0.05, 0) is 33.4 Å². The van der Waals surface area contributed by atoms with Gasteiger partial charge < -0.3 is 4.42 Å². The SMILES string of the molecule is CNS(=O)(=O)C1CCCN(C(C)c2ncc(C(C)(C)C)o2)C1. The Labute approximate surface area is 133 Å². The van der Waals surface area contributed by atoms with E-state index in [0.717, 1.165) is 18.7 Å². The number of aromatic nitrogens is 1. The summed E-state index contributed by atoms with van der Waals surface area (Å²) in [5, 5.41) is -0.370.